The molecule has 106 valence electrons. The van der Waals surface area contributed by atoms with Crippen LogP contribution >= 0.6 is 0 Å². The molecule has 1 aliphatic rings. The van der Waals surface area contributed by atoms with Crippen LogP contribution in [0, 0.1) is 0 Å². The Labute approximate surface area is 115 Å². The molecule has 1 aliphatic heterocycles. The monoisotopic (exact) mass is 277 g/mol. The molecule has 1 aromatic carbocycles. The Morgan fingerprint density at radius 2 is 1.90 bits per heavy atom. The number of fused-ring (bicyclic) bond motifs is 1. The lowest BCUT2D eigenvalue weighted by Crippen LogP contribution is -2.51. The molecule has 20 heavy (non-hydrogen) atoms. The van der Waals surface area contributed by atoms with Crippen molar-refractivity contribution in [1.29, 1.82) is 0 Å². The number of carbonyl (C=O) groups is 3. The topological polar surface area (TPSA) is 90.0 Å². The van der Waals surface area contributed by atoms with Crippen LogP contribution in [-0.4, -0.2) is 42.6 Å². The Bertz CT molecular complexity index is 572. The summed E-state index contributed by atoms with van der Waals surface area (Å²) in [6.45, 7) is 1.35. The molecule has 1 heterocycles. The molecule has 0 aromatic heterocycles. The molecular weight excluding hydrogens is 262 g/mol. The first-order chi connectivity index (χ1) is 9.41. The summed E-state index contributed by atoms with van der Waals surface area (Å²) in [6.07, 6.45) is -1.30. The summed E-state index contributed by atoms with van der Waals surface area (Å²) in [6, 6.07) is 5.97. The van der Waals surface area contributed by atoms with Gasteiger partial charge < -0.3 is 20.2 Å². The van der Waals surface area contributed by atoms with Gasteiger partial charge in [0.15, 0.2) is 0 Å². The Balaban J connectivity index is 2.49. The van der Waals surface area contributed by atoms with E-state index in [0.29, 0.717) is 11.4 Å². The average Bonchev–Trinajstić information content (AvgIpc) is 2.49. The normalized spacial score (nSPS) is 18.3. The molecule has 1 atom stereocenters. The number of nitrogens with zero attached hydrogens (tertiary/aromatic N) is 2. The van der Waals surface area contributed by atoms with E-state index < -0.39 is 18.0 Å². The minimum absolute atomic E-state index is 0.0260. The number of carbonyl (C=O) groups excluding carboxylic acids is 2. The van der Waals surface area contributed by atoms with Crippen molar-refractivity contribution in [3.8, 4) is 0 Å². The maximum Gasteiger partial charge on any atom is 0.405 e. The van der Waals surface area contributed by atoms with Gasteiger partial charge in [-0.1, -0.05) is 12.1 Å². The maximum atomic E-state index is 12.3. The van der Waals surface area contributed by atoms with Crippen molar-refractivity contribution >= 4 is 29.3 Å². The Hall–Kier alpha value is -2.57. The van der Waals surface area contributed by atoms with Crippen LogP contribution in [0.3, 0.4) is 0 Å². The lowest BCUT2D eigenvalue weighted by molar-refractivity contribution is -0.120. The molecule has 0 spiro atoms. The summed E-state index contributed by atoms with van der Waals surface area (Å²) in [5, 5.41) is 11.0. The summed E-state index contributed by atoms with van der Waals surface area (Å²) in [4.78, 5) is 37.6. The highest BCUT2D eigenvalue weighted by molar-refractivity contribution is 6.07. The third-order valence-electron chi connectivity index (χ3n) is 3.21. The SMILES string of the molecule is CC(=O)N1C[C@H](NC(=O)O)C(=O)N(C)c2ccccc21. The Morgan fingerprint density at radius 1 is 1.30 bits per heavy atom. The van der Waals surface area contributed by atoms with Crippen molar-refractivity contribution < 1.29 is 19.5 Å². The van der Waals surface area contributed by atoms with Gasteiger partial charge in [-0.3, -0.25) is 9.59 Å². The van der Waals surface area contributed by atoms with Gasteiger partial charge >= 0.3 is 6.09 Å². The molecule has 7 heteroatoms. The van der Waals surface area contributed by atoms with E-state index in [-0.39, 0.29) is 12.5 Å². The lowest BCUT2D eigenvalue weighted by Gasteiger charge is -2.22. The van der Waals surface area contributed by atoms with E-state index in [0.717, 1.165) is 0 Å². The van der Waals surface area contributed by atoms with E-state index in [9.17, 15) is 14.4 Å². The highest BCUT2D eigenvalue weighted by Crippen LogP contribution is 2.31. The molecule has 7 nitrogen and oxygen atoms in total. The smallest absolute Gasteiger partial charge is 0.405 e. The summed E-state index contributed by atoms with van der Waals surface area (Å²) in [7, 11) is 1.56. The summed E-state index contributed by atoms with van der Waals surface area (Å²) in [5.74, 6) is -0.652. The number of nitrogens with one attached hydrogen (secondary N) is 1. The van der Waals surface area contributed by atoms with E-state index in [1.54, 1.807) is 31.3 Å². The zero-order valence-electron chi connectivity index (χ0n) is 11.2. The zero-order chi connectivity index (χ0) is 14.9. The number of benzene rings is 1. The van der Waals surface area contributed by atoms with Gasteiger partial charge in [0.1, 0.15) is 6.04 Å². The van der Waals surface area contributed by atoms with E-state index in [4.69, 9.17) is 5.11 Å². The molecule has 3 amide bonds. The van der Waals surface area contributed by atoms with Crippen molar-refractivity contribution in [3.63, 3.8) is 0 Å². The second kappa shape index (κ2) is 5.20. The molecule has 0 radical (unpaired) electrons. The molecule has 0 fully saturated rings. The Morgan fingerprint density at radius 3 is 2.45 bits per heavy atom. The van der Waals surface area contributed by atoms with Gasteiger partial charge in [0.2, 0.25) is 5.91 Å². The minimum Gasteiger partial charge on any atom is -0.465 e. The molecule has 2 rings (SSSR count). The van der Waals surface area contributed by atoms with Gasteiger partial charge in [0.05, 0.1) is 17.9 Å². The molecule has 0 unspecified atom stereocenters. The number of carboxylic acid groups (broad SMARTS) is 1. The maximum absolute atomic E-state index is 12.3. The molecule has 0 aliphatic carbocycles. The van der Waals surface area contributed by atoms with Gasteiger partial charge in [-0.05, 0) is 12.1 Å². The number of anilines is 2. The molecular formula is C13H15N3O4. The fraction of sp³-hybridized carbons (Fsp3) is 0.308. The second-order valence-corrected chi connectivity index (χ2v) is 4.52. The van der Waals surface area contributed by atoms with Crippen molar-refractivity contribution in [2.75, 3.05) is 23.4 Å². The van der Waals surface area contributed by atoms with E-state index in [1.165, 1.54) is 16.7 Å². The quantitative estimate of drug-likeness (QED) is 0.788. The van der Waals surface area contributed by atoms with E-state index in [2.05, 4.69) is 5.32 Å². The largest absolute Gasteiger partial charge is 0.465 e. The summed E-state index contributed by atoms with van der Waals surface area (Å²) < 4.78 is 0. The molecule has 1 aromatic rings. The number of rotatable bonds is 1. The van der Waals surface area contributed by atoms with Crippen LogP contribution in [0.1, 0.15) is 6.92 Å². The first-order valence-corrected chi connectivity index (χ1v) is 6.06. The second-order valence-electron chi connectivity index (χ2n) is 4.52. The lowest BCUT2D eigenvalue weighted by atomic mass is 10.2. The van der Waals surface area contributed by atoms with E-state index >= 15 is 0 Å². The van der Waals surface area contributed by atoms with Crippen LogP contribution in [0.2, 0.25) is 0 Å². The van der Waals surface area contributed by atoms with E-state index in [1.807, 2.05) is 0 Å². The average molecular weight is 277 g/mol. The number of para-hydroxylation sites is 2. The van der Waals surface area contributed by atoms with Gasteiger partial charge in [-0.25, -0.2) is 4.79 Å². The summed E-state index contributed by atoms with van der Waals surface area (Å²) in [5.41, 5.74) is 1.16. The van der Waals surface area contributed by atoms with Gasteiger partial charge in [-0.2, -0.15) is 0 Å². The van der Waals surface area contributed by atoms with Crippen LogP contribution in [-0.2, 0) is 9.59 Å². The van der Waals surface area contributed by atoms with Crippen LogP contribution in [0.15, 0.2) is 24.3 Å². The number of likely N-dealkylation sites (N-methyl/N-ethyl adjacent to an activating group) is 1. The van der Waals surface area contributed by atoms with Crippen molar-refractivity contribution in [3.05, 3.63) is 24.3 Å². The van der Waals surface area contributed by atoms with Crippen LogP contribution < -0.4 is 15.1 Å². The van der Waals surface area contributed by atoms with Crippen molar-refractivity contribution in [2.45, 2.75) is 13.0 Å². The standard InChI is InChI=1S/C13H15N3O4/c1-8(17)16-7-9(14-13(19)20)12(18)15(2)10-5-3-4-6-11(10)16/h3-6,9,14H,7H2,1-2H3,(H,19,20)/t9-/m0/s1. The fourth-order valence-corrected chi connectivity index (χ4v) is 2.24. The highest BCUT2D eigenvalue weighted by atomic mass is 16.4. The van der Waals surface area contributed by atoms with Gasteiger partial charge in [0.25, 0.3) is 5.91 Å². The third-order valence-corrected chi connectivity index (χ3v) is 3.21. The third kappa shape index (κ3) is 2.42. The molecule has 0 saturated carbocycles. The summed E-state index contributed by atoms with van der Waals surface area (Å²) >= 11 is 0. The number of hydrogen-bond acceptors (Lipinski definition) is 3. The predicted molar refractivity (Wildman–Crippen MR) is 72.8 cm³/mol. The molecule has 0 saturated heterocycles. The van der Waals surface area contributed by atoms with Crippen LogP contribution in [0.4, 0.5) is 16.2 Å². The molecule has 0 bridgehead atoms. The number of amides is 3. The molecule has 2 N–H and O–H groups in total. The first kappa shape index (κ1) is 13.9. The zero-order valence-corrected chi connectivity index (χ0v) is 11.2. The van der Waals surface area contributed by atoms with Crippen LogP contribution in [0.5, 0.6) is 0 Å². The number of hydrogen-bond donors (Lipinski definition) is 2. The Kier molecular flexibility index (Phi) is 3.60. The first-order valence-electron chi connectivity index (χ1n) is 6.06. The van der Waals surface area contributed by atoms with Gasteiger partial charge in [-0.15, -0.1) is 0 Å². The predicted octanol–water partition coefficient (Wildman–Crippen LogP) is 0.652. The van der Waals surface area contributed by atoms with Crippen molar-refractivity contribution in [1.82, 2.24) is 5.32 Å². The van der Waals surface area contributed by atoms with Crippen LogP contribution in [0.25, 0.3) is 0 Å². The fourth-order valence-electron chi connectivity index (χ4n) is 2.24. The highest BCUT2D eigenvalue weighted by Gasteiger charge is 2.34. The van der Waals surface area contributed by atoms with Crippen molar-refractivity contribution in [2.24, 2.45) is 0 Å². The van der Waals surface area contributed by atoms with Gasteiger partial charge in [0, 0.05) is 14.0 Å². The minimum atomic E-state index is -1.30.